The molecule has 1 saturated carbocycles. The number of rotatable bonds is 9. The zero-order valence-corrected chi connectivity index (χ0v) is 35.2. The molecular weight excluding hydrogens is 737 g/mol. The number of ketones is 2. The molecule has 0 amide bonds. The summed E-state index contributed by atoms with van der Waals surface area (Å²) in [7, 11) is 3.34. The Labute approximate surface area is 335 Å². The van der Waals surface area contributed by atoms with Crippen molar-refractivity contribution < 1.29 is 33.1 Å². The van der Waals surface area contributed by atoms with E-state index in [1.807, 2.05) is 79.8 Å². The highest BCUT2D eigenvalue weighted by atomic mass is 28.4. The van der Waals surface area contributed by atoms with Gasteiger partial charge in [-0.1, -0.05) is 81.4 Å². The van der Waals surface area contributed by atoms with Crippen LogP contribution >= 0.6 is 0 Å². The minimum Gasteiger partial charge on any atom is -0.507 e. The highest BCUT2D eigenvalue weighted by molar-refractivity contribution is 6.74. The molecule has 0 saturated heterocycles. The summed E-state index contributed by atoms with van der Waals surface area (Å²) in [4.78, 5) is 35.6. The molecule has 2 unspecified atom stereocenters. The maximum atomic E-state index is 15.8. The zero-order valence-electron chi connectivity index (χ0n) is 34.2. The number of aliphatic hydroxyl groups excluding tert-OH is 1. The fraction of sp³-hybridized carbons (Fsp3) is 0.444. The largest absolute Gasteiger partial charge is 0.507 e. The summed E-state index contributed by atoms with van der Waals surface area (Å²) in [6, 6.07) is 20.7. The van der Waals surface area contributed by atoms with Crippen LogP contribution in [0.4, 0.5) is 5.69 Å². The van der Waals surface area contributed by atoms with E-state index in [9.17, 15) is 5.11 Å². The van der Waals surface area contributed by atoms with Crippen LogP contribution in [0.2, 0.25) is 18.1 Å². The Morgan fingerprint density at radius 3 is 2.23 bits per heavy atom. The molecule has 5 atom stereocenters. The third-order valence-corrected chi connectivity index (χ3v) is 17.6. The number of nitrogens with two attached hydrogens (primary N) is 1. The van der Waals surface area contributed by atoms with Crippen molar-refractivity contribution in [2.75, 3.05) is 32.6 Å². The molecule has 4 aliphatic rings. The first-order valence-corrected chi connectivity index (χ1v) is 22.8. The Hall–Kier alpha value is -4.75. The van der Waals surface area contributed by atoms with Crippen LogP contribution in [0, 0.1) is 11.8 Å². The van der Waals surface area contributed by atoms with Gasteiger partial charge in [0, 0.05) is 36.8 Å². The highest BCUT2D eigenvalue weighted by Crippen LogP contribution is 2.59. The molecule has 57 heavy (non-hydrogen) atoms. The van der Waals surface area contributed by atoms with Gasteiger partial charge in [-0.3, -0.25) is 9.59 Å². The van der Waals surface area contributed by atoms with Crippen LogP contribution in [-0.4, -0.2) is 68.3 Å². The smallest absolute Gasteiger partial charge is 0.265 e. The standard InChI is InChI=1S/C45H54N4O7Si/c1-44(2,3)57(7,8)56-45-31(37(46)40-36(42(45)52)43(47-55-40)54-25-27-17-13-10-14-18-27)22-28-21-30-35(39(50)34(28)41(45)51)33(53-24-26-15-11-9-12-16-26)23-29-32(48(4)5)19-20-49(6)38(29)30/h9-18,23,28,31-32,37,50H,19-22,24-25,46H2,1-8H3/t28-,31-,32?,37-,45?/m0/s1. The first-order chi connectivity index (χ1) is 27.0. The summed E-state index contributed by atoms with van der Waals surface area (Å²) in [6.45, 7) is 11.5. The van der Waals surface area contributed by atoms with Crippen molar-refractivity contribution in [2.45, 2.75) is 89.1 Å². The second-order valence-electron chi connectivity index (χ2n) is 17.9. The van der Waals surface area contributed by atoms with E-state index in [2.05, 4.69) is 56.9 Å². The SMILES string of the molecule is CN1CCC(N(C)C)c2cc(OCc3ccccc3)c3c(c21)C[C@H]1C[C@H]2[C@H](N)c4onc(OCc5ccccc5)c4C(=O)C2(O[Si](C)(C)C(C)(C)C)C(=O)C1=C3O. The summed E-state index contributed by atoms with van der Waals surface area (Å²) in [5, 5.41) is 16.5. The van der Waals surface area contributed by atoms with E-state index < -0.39 is 43.4 Å². The van der Waals surface area contributed by atoms with Gasteiger partial charge in [-0.2, -0.15) is 0 Å². The number of carbonyl (C=O) groups excluding carboxylic acids is 2. The minimum atomic E-state index is -2.90. The summed E-state index contributed by atoms with van der Waals surface area (Å²) in [5.74, 6) is -1.93. The van der Waals surface area contributed by atoms with Crippen LogP contribution in [-0.2, 0) is 28.9 Å². The lowest BCUT2D eigenvalue weighted by atomic mass is 9.57. The number of fused-ring (bicyclic) bond motifs is 6. The Bertz CT molecular complexity index is 2250. The number of carbonyl (C=O) groups is 2. The number of hydrogen-bond donors (Lipinski definition) is 2. The molecule has 1 aliphatic heterocycles. The summed E-state index contributed by atoms with van der Waals surface area (Å²) < 4.78 is 25.8. The Balaban J connectivity index is 1.30. The first kappa shape index (κ1) is 39.1. The zero-order chi connectivity index (χ0) is 40.6. The van der Waals surface area contributed by atoms with Crippen molar-refractivity contribution in [2.24, 2.45) is 17.6 Å². The summed E-state index contributed by atoms with van der Waals surface area (Å²) >= 11 is 0. The third kappa shape index (κ3) is 6.32. The van der Waals surface area contributed by atoms with E-state index in [0.29, 0.717) is 24.2 Å². The van der Waals surface area contributed by atoms with Crippen molar-refractivity contribution in [3.63, 3.8) is 0 Å². The van der Waals surface area contributed by atoms with E-state index in [4.69, 9.17) is 24.2 Å². The lowest BCUT2D eigenvalue weighted by molar-refractivity contribution is -0.138. The fourth-order valence-electron chi connectivity index (χ4n) is 9.18. The number of ether oxygens (including phenoxy) is 2. The number of nitrogens with zero attached hydrogens (tertiary/aromatic N) is 3. The van der Waals surface area contributed by atoms with Gasteiger partial charge in [0.25, 0.3) is 5.88 Å². The van der Waals surface area contributed by atoms with Crippen molar-refractivity contribution in [1.82, 2.24) is 10.1 Å². The molecule has 4 aromatic rings. The van der Waals surface area contributed by atoms with Crippen molar-refractivity contribution in [1.29, 1.82) is 0 Å². The summed E-state index contributed by atoms with van der Waals surface area (Å²) in [6.07, 6.45) is 1.67. The molecule has 12 heteroatoms. The fourth-order valence-corrected chi connectivity index (χ4v) is 10.6. The van der Waals surface area contributed by atoms with Crippen LogP contribution in [0.3, 0.4) is 0 Å². The maximum absolute atomic E-state index is 15.8. The van der Waals surface area contributed by atoms with Gasteiger partial charge in [-0.15, -0.1) is 0 Å². The molecule has 11 nitrogen and oxygen atoms in total. The van der Waals surface area contributed by atoms with Crippen LogP contribution < -0.4 is 20.1 Å². The topological polar surface area (TPSA) is 141 Å². The molecule has 3 aromatic carbocycles. The molecule has 2 heterocycles. The predicted octanol–water partition coefficient (Wildman–Crippen LogP) is 7.96. The molecule has 0 radical (unpaired) electrons. The number of hydrogen-bond acceptors (Lipinski definition) is 11. The number of aliphatic hydroxyl groups is 1. The lowest BCUT2D eigenvalue weighted by Crippen LogP contribution is -2.68. The Morgan fingerprint density at radius 1 is 0.982 bits per heavy atom. The third-order valence-electron chi connectivity index (χ3n) is 13.2. The van der Waals surface area contributed by atoms with E-state index >= 15 is 9.59 Å². The van der Waals surface area contributed by atoms with Gasteiger partial charge >= 0.3 is 0 Å². The Morgan fingerprint density at radius 2 is 1.61 bits per heavy atom. The lowest BCUT2D eigenvalue weighted by Gasteiger charge is -2.54. The number of Topliss-reactive ketones (excluding diaryl/α,β-unsaturated/α-hetero) is 2. The molecule has 0 bridgehead atoms. The molecule has 3 aliphatic carbocycles. The average molecular weight is 791 g/mol. The van der Waals surface area contributed by atoms with Gasteiger partial charge in [-0.25, -0.2) is 0 Å². The van der Waals surface area contributed by atoms with Gasteiger partial charge < -0.3 is 39.1 Å². The van der Waals surface area contributed by atoms with E-state index in [-0.39, 0.29) is 52.8 Å². The average Bonchev–Trinajstić information content (AvgIpc) is 3.60. The quantitative estimate of drug-likeness (QED) is 0.126. The predicted molar refractivity (Wildman–Crippen MR) is 221 cm³/mol. The molecule has 8 rings (SSSR count). The molecular formula is C45H54N4O7Si. The normalized spacial score (nSPS) is 24.4. The van der Waals surface area contributed by atoms with Gasteiger partial charge in [0.15, 0.2) is 19.7 Å². The van der Waals surface area contributed by atoms with Crippen LogP contribution in [0.15, 0.2) is 76.8 Å². The number of benzene rings is 3. The first-order valence-electron chi connectivity index (χ1n) is 19.9. The number of aromatic nitrogens is 1. The van der Waals surface area contributed by atoms with Crippen LogP contribution in [0.1, 0.15) is 89.6 Å². The van der Waals surface area contributed by atoms with Gasteiger partial charge in [0.05, 0.1) is 11.6 Å². The molecule has 0 spiro atoms. The second kappa shape index (κ2) is 14.3. The molecule has 1 aromatic heterocycles. The molecule has 1 fully saturated rings. The van der Waals surface area contributed by atoms with Crippen LogP contribution in [0.5, 0.6) is 11.6 Å². The maximum Gasteiger partial charge on any atom is 0.265 e. The van der Waals surface area contributed by atoms with Gasteiger partial charge in [-0.05, 0) is 90.9 Å². The highest BCUT2D eigenvalue weighted by Gasteiger charge is 2.68. The monoisotopic (exact) mass is 790 g/mol. The minimum absolute atomic E-state index is 0.0220. The van der Waals surface area contributed by atoms with E-state index in [1.54, 1.807) is 0 Å². The van der Waals surface area contributed by atoms with Crippen LogP contribution in [0.25, 0.3) is 5.76 Å². The van der Waals surface area contributed by atoms with Crippen molar-refractivity contribution in [3.05, 3.63) is 111 Å². The van der Waals surface area contributed by atoms with Crippen molar-refractivity contribution in [3.8, 4) is 11.6 Å². The summed E-state index contributed by atoms with van der Waals surface area (Å²) in [5.41, 5.74) is 10.7. The Kier molecular flexibility index (Phi) is 9.78. The van der Waals surface area contributed by atoms with Crippen molar-refractivity contribution >= 4 is 31.3 Å². The van der Waals surface area contributed by atoms with E-state index in [0.717, 1.165) is 40.9 Å². The van der Waals surface area contributed by atoms with Gasteiger partial charge in [0.2, 0.25) is 11.6 Å². The number of anilines is 1. The molecule has 300 valence electrons. The van der Waals surface area contributed by atoms with E-state index in [1.165, 1.54) is 0 Å². The second-order valence-corrected chi connectivity index (χ2v) is 22.6. The van der Waals surface area contributed by atoms with Gasteiger partial charge in [0.1, 0.15) is 30.3 Å². The molecule has 3 N–H and O–H groups in total.